The van der Waals surface area contributed by atoms with Gasteiger partial charge in [-0.1, -0.05) is 25.4 Å². The van der Waals surface area contributed by atoms with Gasteiger partial charge in [0.2, 0.25) is 5.91 Å². The van der Waals surface area contributed by atoms with Gasteiger partial charge in [-0.3, -0.25) is 14.5 Å². The fraction of sp³-hybridized carbons (Fsp3) is 0.320. The molecule has 3 aromatic rings. The van der Waals surface area contributed by atoms with E-state index in [0.717, 1.165) is 25.9 Å². The third-order valence-corrected chi connectivity index (χ3v) is 5.98. The monoisotopic (exact) mass is 483 g/mol. The number of likely N-dealkylation sites (tertiary alicyclic amines) is 1. The molecule has 1 amide bonds. The maximum Gasteiger partial charge on any atom is 0.256 e. The molecule has 34 heavy (non-hydrogen) atoms. The molecule has 0 atom stereocenters. The number of carbonyl (C=O) groups excluding carboxylic acids is 1. The van der Waals surface area contributed by atoms with Crippen molar-refractivity contribution < 1.29 is 9.18 Å². The zero-order valence-electron chi connectivity index (χ0n) is 19.1. The van der Waals surface area contributed by atoms with E-state index in [9.17, 15) is 14.0 Å². The molecule has 1 aliphatic rings. The minimum Gasteiger partial charge on any atom is -0.354 e. The van der Waals surface area contributed by atoms with E-state index in [0.29, 0.717) is 34.5 Å². The number of amides is 1. The summed E-state index contributed by atoms with van der Waals surface area (Å²) in [6, 6.07) is 9.20. The number of aromatic amines is 1. The highest BCUT2D eigenvalue weighted by Crippen LogP contribution is 2.30. The predicted molar refractivity (Wildman–Crippen MR) is 133 cm³/mol. The normalized spacial score (nSPS) is 13.9. The van der Waals surface area contributed by atoms with E-state index >= 15 is 0 Å². The number of aromatic nitrogens is 2. The molecule has 0 aliphatic carbocycles. The number of H-pyrrole nitrogens is 1. The van der Waals surface area contributed by atoms with Crippen molar-refractivity contribution in [2.75, 3.05) is 30.3 Å². The molecular weight excluding hydrogens is 457 g/mol. The molecular formula is C25H27ClFN5O2. The number of nitrogens with zero attached hydrogens (tertiary/aromatic N) is 2. The molecule has 178 valence electrons. The van der Waals surface area contributed by atoms with E-state index in [1.807, 2.05) is 13.8 Å². The Kier molecular flexibility index (Phi) is 7.29. The Morgan fingerprint density at radius 1 is 1.18 bits per heavy atom. The van der Waals surface area contributed by atoms with Crippen molar-refractivity contribution in [1.29, 1.82) is 0 Å². The molecule has 9 heteroatoms. The van der Waals surface area contributed by atoms with E-state index in [1.54, 1.807) is 24.4 Å². The molecule has 1 aromatic carbocycles. The standard InChI is InChI=1S/C25H27ClFN5O2/c1-15(2)24-21(13-19(25(34)31-24)18-11-16(26)5-6-20(18)27)29-17-7-8-28-22(12-17)30-23(33)14-32-9-3-4-10-32/h5-8,11-13,15H,3-4,9-10,14H2,1-2H3,(H,31,34)(H2,28,29,30,33). The Labute approximate surface area is 202 Å². The maximum atomic E-state index is 14.5. The molecule has 0 saturated carbocycles. The first kappa shape index (κ1) is 23.9. The van der Waals surface area contributed by atoms with Gasteiger partial charge in [0.15, 0.2) is 0 Å². The summed E-state index contributed by atoms with van der Waals surface area (Å²) < 4.78 is 14.5. The largest absolute Gasteiger partial charge is 0.354 e. The van der Waals surface area contributed by atoms with Gasteiger partial charge in [0.05, 0.1) is 17.8 Å². The number of anilines is 3. The number of rotatable bonds is 7. The van der Waals surface area contributed by atoms with Crippen LogP contribution in [0.3, 0.4) is 0 Å². The Bertz CT molecular complexity index is 1250. The smallest absolute Gasteiger partial charge is 0.256 e. The number of pyridine rings is 2. The Morgan fingerprint density at radius 3 is 2.68 bits per heavy atom. The van der Waals surface area contributed by atoms with Crippen LogP contribution < -0.4 is 16.2 Å². The molecule has 4 rings (SSSR count). The number of hydrogen-bond acceptors (Lipinski definition) is 5. The second-order valence-electron chi connectivity index (χ2n) is 8.70. The lowest BCUT2D eigenvalue weighted by atomic mass is 10.0. The molecule has 7 nitrogen and oxygen atoms in total. The van der Waals surface area contributed by atoms with Gasteiger partial charge in [-0.05, 0) is 62.2 Å². The van der Waals surface area contributed by atoms with Crippen LogP contribution in [0.25, 0.3) is 11.1 Å². The van der Waals surface area contributed by atoms with Crippen molar-refractivity contribution in [3.63, 3.8) is 0 Å². The maximum absolute atomic E-state index is 14.5. The van der Waals surface area contributed by atoms with Crippen LogP contribution in [-0.4, -0.2) is 40.4 Å². The van der Waals surface area contributed by atoms with Gasteiger partial charge in [-0.2, -0.15) is 0 Å². The van der Waals surface area contributed by atoms with Gasteiger partial charge in [0.1, 0.15) is 11.6 Å². The fourth-order valence-electron chi connectivity index (χ4n) is 4.07. The number of halogens is 2. The van der Waals surface area contributed by atoms with Gasteiger partial charge in [0.25, 0.3) is 5.56 Å². The first-order valence-corrected chi connectivity index (χ1v) is 11.7. The van der Waals surface area contributed by atoms with Crippen LogP contribution >= 0.6 is 11.6 Å². The molecule has 0 bridgehead atoms. The van der Waals surface area contributed by atoms with Crippen molar-refractivity contribution in [3.8, 4) is 11.1 Å². The van der Waals surface area contributed by atoms with Gasteiger partial charge in [-0.25, -0.2) is 9.37 Å². The number of hydrogen-bond donors (Lipinski definition) is 3. The molecule has 3 N–H and O–H groups in total. The van der Waals surface area contributed by atoms with E-state index in [4.69, 9.17) is 11.6 Å². The third kappa shape index (κ3) is 5.63. The van der Waals surface area contributed by atoms with Crippen molar-refractivity contribution >= 4 is 34.7 Å². The lowest BCUT2D eigenvalue weighted by Gasteiger charge is -2.17. The first-order valence-electron chi connectivity index (χ1n) is 11.3. The molecule has 1 aliphatic heterocycles. The van der Waals surface area contributed by atoms with Gasteiger partial charge in [-0.15, -0.1) is 0 Å². The summed E-state index contributed by atoms with van der Waals surface area (Å²) in [6.45, 7) is 6.11. The fourth-order valence-corrected chi connectivity index (χ4v) is 4.24. The SMILES string of the molecule is CC(C)c1[nH]c(=O)c(-c2cc(Cl)ccc2F)cc1Nc1ccnc(NC(=O)CN2CCCC2)c1. The number of benzene rings is 1. The van der Waals surface area contributed by atoms with Crippen molar-refractivity contribution in [1.82, 2.24) is 14.9 Å². The summed E-state index contributed by atoms with van der Waals surface area (Å²) in [5.74, 6) is -0.233. The van der Waals surface area contributed by atoms with Crippen LogP contribution in [0.2, 0.25) is 5.02 Å². The Morgan fingerprint density at radius 2 is 1.94 bits per heavy atom. The van der Waals surface area contributed by atoms with E-state index < -0.39 is 11.4 Å². The lowest BCUT2D eigenvalue weighted by molar-refractivity contribution is -0.117. The van der Waals surface area contributed by atoms with E-state index in [2.05, 4.69) is 25.5 Å². The Hall–Kier alpha value is -3.23. The summed E-state index contributed by atoms with van der Waals surface area (Å²) in [5, 5.41) is 6.46. The second kappa shape index (κ2) is 10.4. The Balaban J connectivity index is 1.61. The average Bonchev–Trinajstić information content (AvgIpc) is 3.29. The van der Waals surface area contributed by atoms with Crippen molar-refractivity contribution in [2.24, 2.45) is 0 Å². The molecule has 1 saturated heterocycles. The zero-order valence-corrected chi connectivity index (χ0v) is 19.9. The summed E-state index contributed by atoms with van der Waals surface area (Å²) in [6.07, 6.45) is 3.82. The highest BCUT2D eigenvalue weighted by atomic mass is 35.5. The average molecular weight is 484 g/mol. The van der Waals surface area contributed by atoms with Crippen LogP contribution in [0, 0.1) is 5.82 Å². The van der Waals surface area contributed by atoms with Crippen LogP contribution in [0.15, 0.2) is 47.4 Å². The van der Waals surface area contributed by atoms with Gasteiger partial charge < -0.3 is 15.6 Å². The van der Waals surface area contributed by atoms with Crippen LogP contribution in [0.4, 0.5) is 21.6 Å². The third-order valence-electron chi connectivity index (χ3n) is 5.74. The summed E-state index contributed by atoms with van der Waals surface area (Å²) in [4.78, 5) is 34.4. The summed E-state index contributed by atoms with van der Waals surface area (Å²) >= 11 is 6.04. The number of nitrogens with one attached hydrogen (secondary N) is 3. The quantitative estimate of drug-likeness (QED) is 0.433. The minimum absolute atomic E-state index is 0.00469. The molecule has 0 radical (unpaired) electrons. The van der Waals surface area contributed by atoms with Crippen molar-refractivity contribution in [3.05, 3.63) is 69.5 Å². The van der Waals surface area contributed by atoms with Crippen LogP contribution in [0.5, 0.6) is 0 Å². The van der Waals surface area contributed by atoms with Crippen LogP contribution in [-0.2, 0) is 4.79 Å². The topological polar surface area (TPSA) is 90.1 Å². The summed E-state index contributed by atoms with van der Waals surface area (Å²) in [7, 11) is 0. The predicted octanol–water partition coefficient (Wildman–Crippen LogP) is 5.13. The highest BCUT2D eigenvalue weighted by molar-refractivity contribution is 6.30. The summed E-state index contributed by atoms with van der Waals surface area (Å²) in [5.41, 5.74) is 1.84. The molecule has 1 fully saturated rings. The molecule has 2 aromatic heterocycles. The second-order valence-corrected chi connectivity index (χ2v) is 9.14. The van der Waals surface area contributed by atoms with Gasteiger partial charge in [0, 0.05) is 34.2 Å². The minimum atomic E-state index is -0.537. The van der Waals surface area contributed by atoms with E-state index in [1.165, 1.54) is 18.2 Å². The van der Waals surface area contributed by atoms with E-state index in [-0.39, 0.29) is 23.0 Å². The van der Waals surface area contributed by atoms with Crippen LogP contribution in [0.1, 0.15) is 38.3 Å². The van der Waals surface area contributed by atoms with Gasteiger partial charge >= 0.3 is 0 Å². The number of carbonyl (C=O) groups is 1. The molecule has 0 unspecified atom stereocenters. The molecule has 3 heterocycles. The zero-order chi connectivity index (χ0) is 24.2. The molecule has 0 spiro atoms. The first-order chi connectivity index (χ1) is 16.3. The van der Waals surface area contributed by atoms with Crippen molar-refractivity contribution in [2.45, 2.75) is 32.6 Å². The highest BCUT2D eigenvalue weighted by Gasteiger charge is 2.17. The lowest BCUT2D eigenvalue weighted by Crippen LogP contribution is -2.31.